The number of hydrogen-bond donors (Lipinski definition) is 1. The van der Waals surface area contributed by atoms with Crippen molar-refractivity contribution < 1.29 is 9.53 Å². The molecule has 0 aromatic carbocycles. The monoisotopic (exact) mass is 211 g/mol. The third-order valence-electron chi connectivity index (χ3n) is 1.74. The Bertz CT molecular complexity index is 352. The second-order valence-electron chi connectivity index (χ2n) is 4.46. The number of aryl methyl sites for hydroxylation is 1. The summed E-state index contributed by atoms with van der Waals surface area (Å²) in [7, 11) is 1.77. The van der Waals surface area contributed by atoms with Gasteiger partial charge in [0.2, 0.25) is 0 Å². The molecule has 1 atom stereocenters. The lowest BCUT2D eigenvalue weighted by Gasteiger charge is -2.21. The number of esters is 1. The van der Waals surface area contributed by atoms with Crippen LogP contribution in [-0.2, 0) is 16.6 Å². The third kappa shape index (κ3) is 3.36. The van der Waals surface area contributed by atoms with E-state index in [1.165, 1.54) is 0 Å². The van der Waals surface area contributed by atoms with Crippen molar-refractivity contribution in [2.45, 2.75) is 32.4 Å². The molecule has 1 aromatic heterocycles. The fraction of sp³-hybridized carbons (Fsp3) is 0.600. The lowest BCUT2D eigenvalue weighted by atomic mass is 10.1. The van der Waals surface area contributed by atoms with Gasteiger partial charge in [-0.25, -0.2) is 4.79 Å². The van der Waals surface area contributed by atoms with E-state index in [0.717, 1.165) is 0 Å². The Hall–Kier alpha value is -1.36. The van der Waals surface area contributed by atoms with Gasteiger partial charge in [0.05, 0.1) is 6.20 Å². The molecule has 0 amide bonds. The first-order chi connectivity index (χ1) is 6.79. The molecule has 0 saturated heterocycles. The van der Waals surface area contributed by atoms with Gasteiger partial charge in [-0.2, -0.15) is 5.10 Å². The number of ether oxygens (including phenoxy) is 1. The summed E-state index contributed by atoms with van der Waals surface area (Å²) in [5.41, 5.74) is 5.87. The Labute approximate surface area is 89.2 Å². The Morgan fingerprint density at radius 2 is 2.20 bits per heavy atom. The molecule has 0 aliphatic carbocycles. The predicted octanol–water partition coefficient (Wildman–Crippen LogP) is 0.762. The number of rotatable bonds is 2. The number of carbonyl (C=O) groups is 1. The first-order valence-corrected chi connectivity index (χ1v) is 4.76. The molecule has 2 N–H and O–H groups in total. The van der Waals surface area contributed by atoms with E-state index in [2.05, 4.69) is 5.10 Å². The maximum atomic E-state index is 11.6. The molecule has 84 valence electrons. The van der Waals surface area contributed by atoms with E-state index in [4.69, 9.17) is 10.5 Å². The molecule has 0 radical (unpaired) electrons. The highest BCUT2D eigenvalue weighted by Gasteiger charge is 2.24. The molecule has 0 saturated carbocycles. The fourth-order valence-corrected chi connectivity index (χ4v) is 1.10. The Kier molecular flexibility index (Phi) is 3.14. The highest BCUT2D eigenvalue weighted by atomic mass is 16.6. The van der Waals surface area contributed by atoms with Crippen molar-refractivity contribution in [1.29, 1.82) is 0 Å². The lowest BCUT2D eigenvalue weighted by Crippen LogP contribution is -2.31. The molecule has 1 unspecified atom stereocenters. The molecule has 5 heteroatoms. The SMILES string of the molecule is Cn1cc(C(N)C(=O)OC(C)(C)C)cn1. The van der Waals surface area contributed by atoms with Crippen molar-refractivity contribution >= 4 is 5.97 Å². The van der Waals surface area contributed by atoms with E-state index in [1.54, 1.807) is 44.9 Å². The van der Waals surface area contributed by atoms with Crippen LogP contribution >= 0.6 is 0 Å². The quantitative estimate of drug-likeness (QED) is 0.733. The van der Waals surface area contributed by atoms with Crippen molar-refractivity contribution in [2.24, 2.45) is 12.8 Å². The van der Waals surface area contributed by atoms with Crippen molar-refractivity contribution in [3.8, 4) is 0 Å². The molecule has 5 nitrogen and oxygen atoms in total. The summed E-state index contributed by atoms with van der Waals surface area (Å²) >= 11 is 0. The van der Waals surface area contributed by atoms with Crippen LogP contribution in [0.15, 0.2) is 12.4 Å². The summed E-state index contributed by atoms with van der Waals surface area (Å²) in [5, 5.41) is 3.95. The van der Waals surface area contributed by atoms with Gasteiger partial charge in [-0.1, -0.05) is 0 Å². The fourth-order valence-electron chi connectivity index (χ4n) is 1.10. The normalized spacial score (nSPS) is 13.7. The minimum atomic E-state index is -0.766. The van der Waals surface area contributed by atoms with Crippen molar-refractivity contribution in [3.05, 3.63) is 18.0 Å². The van der Waals surface area contributed by atoms with Gasteiger partial charge in [0.25, 0.3) is 0 Å². The van der Waals surface area contributed by atoms with Gasteiger partial charge in [-0.3, -0.25) is 4.68 Å². The van der Waals surface area contributed by atoms with Crippen LogP contribution in [0, 0.1) is 0 Å². The Morgan fingerprint density at radius 3 is 2.60 bits per heavy atom. The molecule has 0 spiro atoms. The number of nitrogens with two attached hydrogens (primary N) is 1. The van der Waals surface area contributed by atoms with E-state index in [1.807, 2.05) is 0 Å². The number of nitrogens with zero attached hydrogens (tertiary/aromatic N) is 2. The average Bonchev–Trinajstić information content (AvgIpc) is 2.47. The molecule has 0 bridgehead atoms. The molecule has 0 fully saturated rings. The second-order valence-corrected chi connectivity index (χ2v) is 4.46. The average molecular weight is 211 g/mol. The maximum absolute atomic E-state index is 11.6. The highest BCUT2D eigenvalue weighted by molar-refractivity contribution is 5.77. The van der Waals surface area contributed by atoms with Crippen LogP contribution < -0.4 is 5.73 Å². The zero-order chi connectivity index (χ0) is 11.6. The van der Waals surface area contributed by atoms with Crippen molar-refractivity contribution in [1.82, 2.24) is 9.78 Å². The van der Waals surface area contributed by atoms with E-state index < -0.39 is 17.6 Å². The second kappa shape index (κ2) is 4.02. The lowest BCUT2D eigenvalue weighted by molar-refractivity contribution is -0.156. The maximum Gasteiger partial charge on any atom is 0.328 e. The molecule has 1 rings (SSSR count). The summed E-state index contributed by atoms with van der Waals surface area (Å²) in [5.74, 6) is -0.435. The molecule has 0 aliphatic rings. The summed E-state index contributed by atoms with van der Waals surface area (Å²) in [6.07, 6.45) is 3.27. The number of carbonyl (C=O) groups excluding carboxylic acids is 1. The van der Waals surface area contributed by atoms with Crippen LogP contribution in [0.5, 0.6) is 0 Å². The third-order valence-corrected chi connectivity index (χ3v) is 1.74. The van der Waals surface area contributed by atoms with E-state index in [-0.39, 0.29) is 0 Å². The van der Waals surface area contributed by atoms with E-state index >= 15 is 0 Å². The highest BCUT2D eigenvalue weighted by Crippen LogP contribution is 2.15. The summed E-state index contributed by atoms with van der Waals surface area (Å²) < 4.78 is 6.76. The molecule has 1 aromatic rings. The van der Waals surface area contributed by atoms with Crippen molar-refractivity contribution in [2.75, 3.05) is 0 Å². The molecular weight excluding hydrogens is 194 g/mol. The smallest absolute Gasteiger partial charge is 0.328 e. The standard InChI is InChI=1S/C10H17N3O2/c1-10(2,3)15-9(14)8(11)7-5-12-13(4)6-7/h5-6,8H,11H2,1-4H3. The first-order valence-electron chi connectivity index (χ1n) is 4.76. The van der Waals surface area contributed by atoms with Gasteiger partial charge in [-0.05, 0) is 20.8 Å². The van der Waals surface area contributed by atoms with Gasteiger partial charge in [0, 0.05) is 18.8 Å². The Morgan fingerprint density at radius 1 is 1.60 bits per heavy atom. The number of hydrogen-bond acceptors (Lipinski definition) is 4. The van der Waals surface area contributed by atoms with E-state index in [9.17, 15) is 4.79 Å². The van der Waals surface area contributed by atoms with Gasteiger partial charge >= 0.3 is 5.97 Å². The minimum Gasteiger partial charge on any atom is -0.459 e. The van der Waals surface area contributed by atoms with Crippen LogP contribution in [0.2, 0.25) is 0 Å². The van der Waals surface area contributed by atoms with Crippen LogP contribution in [0.25, 0.3) is 0 Å². The van der Waals surface area contributed by atoms with Crippen LogP contribution in [0.1, 0.15) is 32.4 Å². The van der Waals surface area contributed by atoms with Crippen LogP contribution in [-0.4, -0.2) is 21.4 Å². The van der Waals surface area contributed by atoms with Gasteiger partial charge in [0.15, 0.2) is 0 Å². The summed E-state index contributed by atoms with van der Waals surface area (Å²) in [6.45, 7) is 5.42. The zero-order valence-corrected chi connectivity index (χ0v) is 9.52. The van der Waals surface area contributed by atoms with E-state index in [0.29, 0.717) is 5.56 Å². The Balaban J connectivity index is 2.69. The van der Waals surface area contributed by atoms with Gasteiger partial charge in [-0.15, -0.1) is 0 Å². The molecular formula is C10H17N3O2. The van der Waals surface area contributed by atoms with Crippen molar-refractivity contribution in [3.63, 3.8) is 0 Å². The number of aromatic nitrogens is 2. The van der Waals surface area contributed by atoms with Gasteiger partial charge < -0.3 is 10.5 Å². The molecule has 1 heterocycles. The van der Waals surface area contributed by atoms with Crippen LogP contribution in [0.4, 0.5) is 0 Å². The summed E-state index contributed by atoms with van der Waals surface area (Å²) in [4.78, 5) is 11.6. The predicted molar refractivity (Wildman–Crippen MR) is 56.0 cm³/mol. The minimum absolute atomic E-state index is 0.435. The molecule has 15 heavy (non-hydrogen) atoms. The van der Waals surface area contributed by atoms with Gasteiger partial charge in [0.1, 0.15) is 11.6 Å². The largest absolute Gasteiger partial charge is 0.459 e. The first kappa shape index (κ1) is 11.7. The van der Waals surface area contributed by atoms with Crippen LogP contribution in [0.3, 0.4) is 0 Å². The summed E-state index contributed by atoms with van der Waals surface area (Å²) in [6, 6.07) is -0.766. The molecule has 0 aliphatic heterocycles. The topological polar surface area (TPSA) is 70.1 Å². The zero-order valence-electron chi connectivity index (χ0n) is 9.52.